The summed E-state index contributed by atoms with van der Waals surface area (Å²) in [6, 6.07) is 121. The molecule has 0 radical (unpaired) electrons. The first-order valence-corrected chi connectivity index (χ1v) is 32.9. The monoisotopic (exact) mass is 1250 g/mol. The molecule has 9 nitrogen and oxygen atoms in total. The van der Waals surface area contributed by atoms with Crippen molar-refractivity contribution in [2.75, 3.05) is 0 Å². The van der Waals surface area contributed by atoms with E-state index in [1.165, 1.54) is 0 Å². The zero-order valence-corrected chi connectivity index (χ0v) is 52.9. The molecule has 0 bridgehead atoms. The summed E-state index contributed by atoms with van der Waals surface area (Å²) in [5.41, 5.74) is 20.8. The summed E-state index contributed by atoms with van der Waals surface area (Å²) < 4.78 is 4.77. The molecule has 0 amide bonds. The minimum atomic E-state index is 0.457. The number of fused-ring (bicyclic) bond motifs is 6. The summed E-state index contributed by atoms with van der Waals surface area (Å²) >= 11 is 0. The van der Waals surface area contributed by atoms with Crippen LogP contribution in [0.25, 0.3) is 179 Å². The van der Waals surface area contributed by atoms with E-state index in [2.05, 4.69) is 270 Å². The fourth-order valence-corrected chi connectivity index (χ4v) is 13.7. The fourth-order valence-electron chi connectivity index (χ4n) is 13.7. The number of para-hydroxylation sites is 1. The molecule has 0 unspecified atom stereocenters. The molecule has 0 fully saturated rings. The zero-order valence-electron chi connectivity index (χ0n) is 52.9. The Hall–Kier alpha value is -13.4. The van der Waals surface area contributed by atoms with E-state index >= 15 is 0 Å². The number of rotatable bonds is 13. The van der Waals surface area contributed by atoms with E-state index in [0.29, 0.717) is 34.9 Å². The molecule has 458 valence electrons. The van der Waals surface area contributed by atoms with Crippen LogP contribution in [-0.4, -0.2) is 44.0 Å². The molecule has 98 heavy (non-hydrogen) atoms. The predicted octanol–water partition coefficient (Wildman–Crippen LogP) is 22.0. The van der Waals surface area contributed by atoms with Crippen molar-refractivity contribution in [1.82, 2.24) is 44.0 Å². The summed E-state index contributed by atoms with van der Waals surface area (Å²) in [7, 11) is 0. The van der Waals surface area contributed by atoms with Crippen LogP contribution in [0.1, 0.15) is 0 Å². The Morgan fingerprint density at radius 1 is 0.173 bits per heavy atom. The number of hydrogen-bond acceptors (Lipinski definition) is 7. The van der Waals surface area contributed by atoms with Gasteiger partial charge in [-0.05, 0) is 100 Å². The van der Waals surface area contributed by atoms with Gasteiger partial charge in [0.2, 0.25) is 0 Å². The van der Waals surface area contributed by atoms with Crippen molar-refractivity contribution in [3.8, 4) is 136 Å². The lowest BCUT2D eigenvalue weighted by Crippen LogP contribution is -2.09. The summed E-state index contributed by atoms with van der Waals surface area (Å²) in [5, 5.41) is 4.29. The highest BCUT2D eigenvalue weighted by Crippen LogP contribution is 2.46. The molecular weight excluding hydrogens is 1200 g/mol. The van der Waals surface area contributed by atoms with Crippen molar-refractivity contribution >= 4 is 43.6 Å². The average Bonchev–Trinajstić information content (AvgIpc) is 1.62. The van der Waals surface area contributed by atoms with E-state index in [4.69, 9.17) is 34.9 Å². The van der Waals surface area contributed by atoms with Crippen molar-refractivity contribution in [2.45, 2.75) is 0 Å². The third-order valence-electron chi connectivity index (χ3n) is 18.4. The van der Waals surface area contributed by atoms with Gasteiger partial charge in [-0.25, -0.2) is 34.9 Å². The first-order valence-electron chi connectivity index (χ1n) is 32.9. The third-order valence-corrected chi connectivity index (χ3v) is 18.4. The lowest BCUT2D eigenvalue weighted by Gasteiger charge is -2.21. The van der Waals surface area contributed by atoms with Crippen molar-refractivity contribution in [1.29, 1.82) is 0 Å². The number of benzene rings is 13. The number of hydrogen-bond donors (Lipinski definition) is 0. The SMILES string of the molecule is c1ccc(-c2ccc3c(c2)c2cc(-c4cc(-c5ccccc5)nc(-c5ccccc5)c4)ccc2n3-c2cc(-c3nc(-c4ccccc4)nc(-c4ccccc4)n3)c(-n3c4ccccc4c4cc(-c5ccccc5)ccc43)c(-c3nc(-c4ccccc4)nc(-c4ccccc4)n3)c2)cc1. The van der Waals surface area contributed by atoms with E-state index in [9.17, 15) is 0 Å². The molecule has 9 heteroatoms. The fraction of sp³-hybridized carbons (Fsp3) is 0. The first kappa shape index (κ1) is 57.3. The highest BCUT2D eigenvalue weighted by molar-refractivity contribution is 6.14. The molecule has 0 atom stereocenters. The van der Waals surface area contributed by atoms with Crippen molar-refractivity contribution < 1.29 is 0 Å². The van der Waals surface area contributed by atoms with Crippen molar-refractivity contribution in [3.63, 3.8) is 0 Å². The van der Waals surface area contributed by atoms with Crippen LogP contribution in [0.3, 0.4) is 0 Å². The van der Waals surface area contributed by atoms with Crippen molar-refractivity contribution in [2.24, 2.45) is 0 Å². The number of pyridine rings is 1. The molecule has 0 N–H and O–H groups in total. The smallest absolute Gasteiger partial charge is 0.166 e. The maximum atomic E-state index is 5.64. The Morgan fingerprint density at radius 3 is 0.837 bits per heavy atom. The lowest BCUT2D eigenvalue weighted by molar-refractivity contribution is 1.05. The molecule has 5 heterocycles. The quantitative estimate of drug-likeness (QED) is 0.113. The van der Waals surface area contributed by atoms with Gasteiger partial charge in [-0.3, -0.25) is 0 Å². The van der Waals surface area contributed by atoms with Crippen LogP contribution in [0.15, 0.2) is 346 Å². The Labute approximate surface area is 565 Å². The Kier molecular flexibility index (Phi) is 14.3. The maximum Gasteiger partial charge on any atom is 0.166 e. The van der Waals surface area contributed by atoms with Crippen molar-refractivity contribution in [3.05, 3.63) is 346 Å². The molecular formula is C89H57N9. The Balaban J connectivity index is 0.988. The summed E-state index contributed by atoms with van der Waals surface area (Å²) in [6.45, 7) is 0. The Morgan fingerprint density at radius 2 is 0.459 bits per heavy atom. The van der Waals surface area contributed by atoms with E-state index in [-0.39, 0.29) is 0 Å². The van der Waals surface area contributed by atoms with Gasteiger partial charge in [-0.2, -0.15) is 0 Å². The van der Waals surface area contributed by atoms with Gasteiger partial charge in [-0.1, -0.05) is 279 Å². The highest BCUT2D eigenvalue weighted by atomic mass is 15.1. The van der Waals surface area contributed by atoms with Crippen LogP contribution in [0.2, 0.25) is 0 Å². The van der Waals surface area contributed by atoms with Gasteiger partial charge < -0.3 is 9.13 Å². The second-order valence-electron chi connectivity index (χ2n) is 24.4. The maximum absolute atomic E-state index is 5.64. The van der Waals surface area contributed by atoms with Gasteiger partial charge in [0.15, 0.2) is 34.9 Å². The molecule has 0 spiro atoms. The topological polar surface area (TPSA) is 100 Å². The average molecular weight is 1250 g/mol. The van der Waals surface area contributed by atoms with E-state index < -0.39 is 0 Å². The largest absolute Gasteiger partial charge is 0.309 e. The highest BCUT2D eigenvalue weighted by Gasteiger charge is 2.28. The van der Waals surface area contributed by atoms with Gasteiger partial charge >= 0.3 is 0 Å². The molecule has 0 aliphatic carbocycles. The van der Waals surface area contributed by atoms with Gasteiger partial charge in [0, 0.05) is 71.7 Å². The predicted molar refractivity (Wildman–Crippen MR) is 399 cm³/mol. The van der Waals surface area contributed by atoms with Crippen LogP contribution in [0.5, 0.6) is 0 Å². The van der Waals surface area contributed by atoms with Crippen LogP contribution < -0.4 is 0 Å². The zero-order chi connectivity index (χ0) is 64.9. The number of nitrogens with zero attached hydrogens (tertiary/aromatic N) is 9. The molecule has 13 aromatic carbocycles. The van der Waals surface area contributed by atoms with Crippen LogP contribution in [-0.2, 0) is 0 Å². The number of aromatic nitrogens is 9. The van der Waals surface area contributed by atoms with E-state index in [0.717, 1.165) is 144 Å². The van der Waals surface area contributed by atoms with E-state index in [1.54, 1.807) is 0 Å². The summed E-state index contributed by atoms with van der Waals surface area (Å²) in [4.78, 5) is 38.5. The lowest BCUT2D eigenvalue weighted by atomic mass is 9.98. The summed E-state index contributed by atoms with van der Waals surface area (Å²) in [6.07, 6.45) is 0. The molecule has 18 rings (SSSR count). The molecule has 0 saturated carbocycles. The van der Waals surface area contributed by atoms with Crippen LogP contribution >= 0.6 is 0 Å². The second kappa shape index (κ2) is 24.5. The standard InChI is InChI=1S/C89H57N9/c1-9-27-58(28-10-1)66-46-50-82-72(51-66)71-43-25-26-44-79(71)98(82)83-75(88-93-84(62-35-17-5-18-36-62)91-85(94-88)63-37-19-6-20-38-63)56-70(57-76(83)89-95-86(64-39-21-7-22-40-64)92-87(96-89)65-41-23-8-24-42-65)97-80-48-45-67(59-29-11-2-12-30-59)52-73(80)74-53-68(47-49-81(74)97)69-54-77(60-31-13-3-14-32-60)90-78(55-69)61-33-15-4-16-34-61/h1-57H. The molecule has 18 aromatic rings. The van der Waals surface area contributed by atoms with Gasteiger partial charge in [0.1, 0.15) is 0 Å². The molecule has 5 aromatic heterocycles. The minimum Gasteiger partial charge on any atom is -0.309 e. The normalized spacial score (nSPS) is 11.5. The van der Waals surface area contributed by atoms with Gasteiger partial charge in [0.25, 0.3) is 0 Å². The summed E-state index contributed by atoms with van der Waals surface area (Å²) in [5.74, 6) is 3.02. The molecule has 0 saturated heterocycles. The second-order valence-corrected chi connectivity index (χ2v) is 24.4. The first-order chi connectivity index (χ1) is 48.6. The van der Waals surface area contributed by atoms with E-state index in [1.807, 2.05) is 84.9 Å². The Bertz CT molecular complexity index is 5680. The van der Waals surface area contributed by atoms with Crippen LogP contribution in [0.4, 0.5) is 0 Å². The van der Waals surface area contributed by atoms with Crippen LogP contribution in [0, 0.1) is 0 Å². The minimum absolute atomic E-state index is 0.457. The third kappa shape index (κ3) is 10.5. The molecule has 0 aliphatic heterocycles. The molecule has 0 aliphatic rings. The van der Waals surface area contributed by atoms with Gasteiger partial charge in [-0.15, -0.1) is 0 Å². The van der Waals surface area contributed by atoms with Gasteiger partial charge in [0.05, 0.1) is 39.1 Å².